The van der Waals surface area contributed by atoms with Gasteiger partial charge >= 0.3 is 12.6 Å². The number of nitrogens with zero attached hydrogens (tertiary/aromatic N) is 3. The van der Waals surface area contributed by atoms with Crippen LogP contribution in [0.2, 0.25) is 0 Å². The van der Waals surface area contributed by atoms with Crippen molar-refractivity contribution in [2.75, 3.05) is 19.5 Å². The number of methoxy groups -OCH3 is 2. The van der Waals surface area contributed by atoms with Crippen molar-refractivity contribution in [2.45, 2.75) is 26.0 Å². The van der Waals surface area contributed by atoms with Gasteiger partial charge in [0.2, 0.25) is 5.95 Å². The lowest BCUT2D eigenvalue weighted by Crippen LogP contribution is -2.30. The monoisotopic (exact) mass is 380 g/mol. The molecule has 0 unspecified atom stereocenters. The van der Waals surface area contributed by atoms with Crippen LogP contribution in [0.5, 0.6) is 11.5 Å². The van der Waals surface area contributed by atoms with Crippen LogP contribution in [-0.2, 0) is 9.53 Å². The molecule has 3 rings (SSSR count). The van der Waals surface area contributed by atoms with Crippen LogP contribution in [0, 0.1) is 0 Å². The number of aromatic nitrogens is 3. The summed E-state index contributed by atoms with van der Waals surface area (Å²) < 4.78 is 41.3. The summed E-state index contributed by atoms with van der Waals surface area (Å²) in [7, 11) is 2.63. The number of halogens is 2. The SMILES string of the molecule is CCC1=C(C(=O)OC)[C@H](c2ccc(OC(F)F)c(OC)c2)n2ncnc2N1. The second kappa shape index (κ2) is 7.60. The maximum absolute atomic E-state index is 12.6. The molecule has 1 N–H and O–H groups in total. The molecule has 0 aliphatic carbocycles. The van der Waals surface area contributed by atoms with Gasteiger partial charge in [0.15, 0.2) is 11.5 Å². The summed E-state index contributed by atoms with van der Waals surface area (Å²) in [6, 6.07) is 3.79. The number of alkyl halides is 2. The lowest BCUT2D eigenvalue weighted by atomic mass is 9.94. The van der Waals surface area contributed by atoms with Crippen LogP contribution in [0.3, 0.4) is 0 Å². The molecule has 1 aromatic heterocycles. The van der Waals surface area contributed by atoms with Gasteiger partial charge in [0, 0.05) is 5.70 Å². The van der Waals surface area contributed by atoms with E-state index in [2.05, 4.69) is 20.1 Å². The largest absolute Gasteiger partial charge is 0.493 e. The van der Waals surface area contributed by atoms with Crippen LogP contribution in [0.25, 0.3) is 0 Å². The minimum atomic E-state index is -2.98. The molecule has 8 nitrogen and oxygen atoms in total. The molecule has 144 valence electrons. The van der Waals surface area contributed by atoms with Gasteiger partial charge in [0.05, 0.1) is 19.8 Å². The molecule has 0 amide bonds. The number of benzene rings is 1. The Morgan fingerprint density at radius 2 is 2.11 bits per heavy atom. The molecule has 0 fully saturated rings. The van der Waals surface area contributed by atoms with Crippen molar-refractivity contribution >= 4 is 11.9 Å². The highest BCUT2D eigenvalue weighted by Gasteiger charge is 2.35. The molecular formula is C17H18F2N4O4. The lowest BCUT2D eigenvalue weighted by Gasteiger charge is -2.29. The molecule has 0 saturated carbocycles. The second-order valence-electron chi connectivity index (χ2n) is 5.58. The molecule has 1 aliphatic rings. The van der Waals surface area contributed by atoms with Gasteiger partial charge in [0.25, 0.3) is 0 Å². The van der Waals surface area contributed by atoms with Crippen LogP contribution in [0.15, 0.2) is 35.8 Å². The summed E-state index contributed by atoms with van der Waals surface area (Å²) in [5.74, 6) is -0.0766. The van der Waals surface area contributed by atoms with Crippen molar-refractivity contribution in [3.05, 3.63) is 41.4 Å². The Balaban J connectivity index is 2.15. The highest BCUT2D eigenvalue weighted by atomic mass is 19.3. The van der Waals surface area contributed by atoms with Crippen molar-refractivity contribution in [3.63, 3.8) is 0 Å². The fraction of sp³-hybridized carbons (Fsp3) is 0.353. The van der Waals surface area contributed by atoms with Gasteiger partial charge in [0.1, 0.15) is 12.4 Å². The zero-order valence-corrected chi connectivity index (χ0v) is 14.9. The second-order valence-corrected chi connectivity index (χ2v) is 5.58. The van der Waals surface area contributed by atoms with Gasteiger partial charge in [-0.25, -0.2) is 9.48 Å². The molecule has 2 aromatic rings. The van der Waals surface area contributed by atoms with E-state index in [4.69, 9.17) is 9.47 Å². The number of hydrogen-bond acceptors (Lipinski definition) is 7. The predicted molar refractivity (Wildman–Crippen MR) is 90.7 cm³/mol. The topological polar surface area (TPSA) is 87.5 Å². The quantitative estimate of drug-likeness (QED) is 0.771. The molecule has 0 spiro atoms. The first-order valence-electron chi connectivity index (χ1n) is 8.10. The van der Waals surface area contributed by atoms with Gasteiger partial charge in [-0.3, -0.25) is 0 Å². The molecule has 2 heterocycles. The Labute approximate surface area is 153 Å². The first kappa shape index (κ1) is 18.6. The Hall–Kier alpha value is -3.17. The van der Waals surface area contributed by atoms with E-state index in [0.717, 1.165) is 0 Å². The minimum absolute atomic E-state index is 0.107. The van der Waals surface area contributed by atoms with Crippen LogP contribution in [0.1, 0.15) is 24.9 Å². The number of ether oxygens (including phenoxy) is 3. The third kappa shape index (κ3) is 3.42. The van der Waals surface area contributed by atoms with E-state index in [9.17, 15) is 13.6 Å². The van der Waals surface area contributed by atoms with E-state index < -0.39 is 18.6 Å². The number of hydrogen-bond donors (Lipinski definition) is 1. The molecule has 10 heteroatoms. The van der Waals surface area contributed by atoms with Crippen molar-refractivity contribution in [2.24, 2.45) is 0 Å². The maximum atomic E-state index is 12.6. The number of anilines is 1. The Bertz CT molecular complexity index is 882. The third-order valence-electron chi connectivity index (χ3n) is 4.16. The van der Waals surface area contributed by atoms with Crippen LogP contribution in [0.4, 0.5) is 14.7 Å². The normalized spacial score (nSPS) is 16.0. The zero-order valence-electron chi connectivity index (χ0n) is 14.9. The van der Waals surface area contributed by atoms with Crippen molar-refractivity contribution in [3.8, 4) is 11.5 Å². The lowest BCUT2D eigenvalue weighted by molar-refractivity contribution is -0.136. The first-order chi connectivity index (χ1) is 13.0. The van der Waals surface area contributed by atoms with E-state index in [-0.39, 0.29) is 11.5 Å². The van der Waals surface area contributed by atoms with E-state index in [1.807, 2.05) is 6.92 Å². The van der Waals surface area contributed by atoms with Crippen LogP contribution >= 0.6 is 0 Å². The molecule has 0 bridgehead atoms. The zero-order chi connectivity index (χ0) is 19.6. The molecule has 1 aliphatic heterocycles. The van der Waals surface area contributed by atoms with Crippen molar-refractivity contribution in [1.82, 2.24) is 14.8 Å². The summed E-state index contributed by atoms with van der Waals surface area (Å²) in [5.41, 5.74) is 1.56. The predicted octanol–water partition coefficient (Wildman–Crippen LogP) is 2.74. The number of nitrogens with one attached hydrogen (secondary N) is 1. The Morgan fingerprint density at radius 3 is 2.74 bits per heavy atom. The first-order valence-corrected chi connectivity index (χ1v) is 8.10. The highest BCUT2D eigenvalue weighted by Crippen LogP contribution is 2.39. The van der Waals surface area contributed by atoms with Gasteiger partial charge < -0.3 is 19.5 Å². The molecular weight excluding hydrogens is 362 g/mol. The third-order valence-corrected chi connectivity index (χ3v) is 4.16. The maximum Gasteiger partial charge on any atom is 0.387 e. The number of allylic oxidation sites excluding steroid dienone is 1. The number of rotatable bonds is 6. The van der Waals surface area contributed by atoms with Crippen molar-refractivity contribution in [1.29, 1.82) is 0 Å². The van der Waals surface area contributed by atoms with Crippen LogP contribution in [-0.4, -0.2) is 41.6 Å². The average Bonchev–Trinajstić information content (AvgIpc) is 3.14. The summed E-state index contributed by atoms with van der Waals surface area (Å²) in [4.78, 5) is 16.6. The van der Waals surface area contributed by atoms with Gasteiger partial charge in [-0.15, -0.1) is 0 Å². The summed E-state index contributed by atoms with van der Waals surface area (Å²) in [5, 5.41) is 7.26. The van der Waals surface area contributed by atoms with E-state index in [0.29, 0.717) is 29.2 Å². The number of fused-ring (bicyclic) bond motifs is 1. The van der Waals surface area contributed by atoms with Gasteiger partial charge in [-0.2, -0.15) is 18.9 Å². The number of esters is 1. The fourth-order valence-electron chi connectivity index (χ4n) is 3.00. The number of carbonyl (C=O) groups excluding carboxylic acids is 1. The molecule has 27 heavy (non-hydrogen) atoms. The summed E-state index contributed by atoms with van der Waals surface area (Å²) in [6.07, 6.45) is 1.88. The summed E-state index contributed by atoms with van der Waals surface area (Å²) in [6.45, 7) is -1.10. The van der Waals surface area contributed by atoms with E-state index in [1.54, 1.807) is 6.07 Å². The average molecular weight is 380 g/mol. The number of carbonyl (C=O) groups is 1. The Kier molecular flexibility index (Phi) is 5.24. The van der Waals surface area contributed by atoms with E-state index >= 15 is 0 Å². The standard InChI is InChI=1S/C17H18F2N4O4/c1-4-10-13(15(24)26-3)14(23-17(22-10)20-8-21-23)9-5-6-11(27-16(18)19)12(7-9)25-2/h5-8,14,16H,4H2,1-3H3,(H,20,21,22)/t14-/m0/s1. The van der Waals surface area contributed by atoms with E-state index in [1.165, 1.54) is 37.4 Å². The molecule has 0 saturated heterocycles. The highest BCUT2D eigenvalue weighted by molar-refractivity contribution is 5.92. The molecule has 0 radical (unpaired) electrons. The fourth-order valence-corrected chi connectivity index (χ4v) is 3.00. The summed E-state index contributed by atoms with van der Waals surface area (Å²) >= 11 is 0. The van der Waals surface area contributed by atoms with Gasteiger partial charge in [-0.1, -0.05) is 13.0 Å². The van der Waals surface area contributed by atoms with Crippen LogP contribution < -0.4 is 14.8 Å². The van der Waals surface area contributed by atoms with Gasteiger partial charge in [-0.05, 0) is 24.1 Å². The smallest absolute Gasteiger partial charge is 0.387 e. The Morgan fingerprint density at radius 1 is 1.33 bits per heavy atom. The molecule has 1 atom stereocenters. The minimum Gasteiger partial charge on any atom is -0.493 e. The molecule has 1 aromatic carbocycles. The van der Waals surface area contributed by atoms with Crippen molar-refractivity contribution < 1.29 is 27.8 Å².